The van der Waals surface area contributed by atoms with Gasteiger partial charge in [-0.2, -0.15) is 0 Å². The molecule has 7 heteroatoms. The summed E-state index contributed by atoms with van der Waals surface area (Å²) in [4.78, 5) is 26.1. The molecule has 0 bridgehead atoms. The molecule has 1 atom stereocenters. The average molecular weight is 271 g/mol. The summed E-state index contributed by atoms with van der Waals surface area (Å²) in [5.41, 5.74) is 5.71. The molecule has 0 aromatic carbocycles. The minimum absolute atomic E-state index is 0.00396. The number of carbonyl (C=O) groups excluding carboxylic acids is 1. The molecule has 1 aromatic heterocycles. The van der Waals surface area contributed by atoms with Crippen molar-refractivity contribution in [2.75, 3.05) is 0 Å². The van der Waals surface area contributed by atoms with Gasteiger partial charge in [0.2, 0.25) is 5.91 Å². The fourth-order valence-corrected chi connectivity index (χ4v) is 2.11. The zero-order valence-electron chi connectivity index (χ0n) is 10.3. The molecular weight excluding hydrogens is 254 g/mol. The summed E-state index contributed by atoms with van der Waals surface area (Å²) in [5, 5.41) is 13.3. The van der Waals surface area contributed by atoms with Crippen LogP contribution in [0.15, 0.2) is 5.38 Å². The number of nitrogens with zero attached hydrogens (tertiary/aromatic N) is 1. The molecule has 0 aliphatic rings. The first kappa shape index (κ1) is 14.6. The van der Waals surface area contributed by atoms with Crippen molar-refractivity contribution in [1.82, 2.24) is 10.3 Å². The fourth-order valence-electron chi connectivity index (χ4n) is 1.40. The molecule has 0 radical (unpaired) electrons. The molecule has 1 heterocycles. The van der Waals surface area contributed by atoms with Crippen LogP contribution in [0.3, 0.4) is 0 Å². The van der Waals surface area contributed by atoms with Crippen molar-refractivity contribution in [2.45, 2.75) is 32.9 Å². The third-order valence-corrected chi connectivity index (χ3v) is 3.10. The molecule has 4 N–H and O–H groups in total. The zero-order chi connectivity index (χ0) is 13.7. The summed E-state index contributed by atoms with van der Waals surface area (Å²) in [7, 11) is 0. The highest BCUT2D eigenvalue weighted by Gasteiger charge is 2.15. The number of aromatic nitrogens is 1. The SMILES string of the molecule is CC(C)C[C@@H](N)C(=O)NCc1nc(C(=O)O)cs1. The lowest BCUT2D eigenvalue weighted by molar-refractivity contribution is -0.122. The number of rotatable bonds is 6. The molecule has 0 aliphatic heterocycles. The molecule has 1 aromatic rings. The van der Waals surface area contributed by atoms with E-state index in [1.54, 1.807) is 0 Å². The van der Waals surface area contributed by atoms with Gasteiger partial charge >= 0.3 is 5.97 Å². The van der Waals surface area contributed by atoms with Crippen LogP contribution in [0.2, 0.25) is 0 Å². The van der Waals surface area contributed by atoms with Crippen molar-refractivity contribution >= 4 is 23.2 Å². The maximum absolute atomic E-state index is 11.6. The Morgan fingerprint density at radius 1 is 1.56 bits per heavy atom. The molecule has 0 saturated carbocycles. The monoisotopic (exact) mass is 271 g/mol. The van der Waals surface area contributed by atoms with Crippen LogP contribution < -0.4 is 11.1 Å². The molecule has 6 nitrogen and oxygen atoms in total. The average Bonchev–Trinajstić information content (AvgIpc) is 2.73. The second-order valence-electron chi connectivity index (χ2n) is 4.39. The van der Waals surface area contributed by atoms with Gasteiger partial charge in [-0.15, -0.1) is 11.3 Å². The van der Waals surface area contributed by atoms with Gasteiger partial charge in [0.05, 0.1) is 12.6 Å². The minimum Gasteiger partial charge on any atom is -0.476 e. The van der Waals surface area contributed by atoms with Gasteiger partial charge in [-0.3, -0.25) is 4.79 Å². The van der Waals surface area contributed by atoms with Crippen LogP contribution in [0.4, 0.5) is 0 Å². The molecule has 1 rings (SSSR count). The van der Waals surface area contributed by atoms with Crippen LogP contribution in [0.5, 0.6) is 0 Å². The Morgan fingerprint density at radius 2 is 2.22 bits per heavy atom. The number of amides is 1. The van der Waals surface area contributed by atoms with Gasteiger partial charge in [-0.1, -0.05) is 13.8 Å². The number of nitrogens with one attached hydrogen (secondary N) is 1. The Kier molecular flexibility index (Phi) is 5.24. The van der Waals surface area contributed by atoms with Crippen molar-refractivity contribution in [3.63, 3.8) is 0 Å². The number of carbonyl (C=O) groups is 2. The van der Waals surface area contributed by atoms with E-state index in [1.165, 1.54) is 16.7 Å². The number of hydrogen-bond acceptors (Lipinski definition) is 5. The van der Waals surface area contributed by atoms with Crippen molar-refractivity contribution in [3.05, 3.63) is 16.1 Å². The first-order valence-corrected chi connectivity index (χ1v) is 6.49. The van der Waals surface area contributed by atoms with E-state index in [0.717, 1.165) is 0 Å². The van der Waals surface area contributed by atoms with Crippen LogP contribution in [0.1, 0.15) is 35.8 Å². The Morgan fingerprint density at radius 3 is 2.72 bits per heavy atom. The summed E-state index contributed by atoms with van der Waals surface area (Å²) in [5.74, 6) is -0.958. The van der Waals surface area contributed by atoms with E-state index in [4.69, 9.17) is 10.8 Å². The van der Waals surface area contributed by atoms with Crippen molar-refractivity contribution in [1.29, 1.82) is 0 Å². The normalized spacial score (nSPS) is 12.4. The lowest BCUT2D eigenvalue weighted by Crippen LogP contribution is -2.41. The first-order chi connectivity index (χ1) is 8.40. The molecule has 0 spiro atoms. The number of thiazole rings is 1. The van der Waals surface area contributed by atoms with Gasteiger partial charge in [-0.05, 0) is 12.3 Å². The van der Waals surface area contributed by atoms with E-state index >= 15 is 0 Å². The number of aromatic carboxylic acids is 1. The predicted octanol–water partition coefficient (Wildman–Crippen LogP) is 0.831. The predicted molar refractivity (Wildman–Crippen MR) is 68.4 cm³/mol. The van der Waals surface area contributed by atoms with Crippen LogP contribution in [0.25, 0.3) is 0 Å². The molecule has 0 unspecified atom stereocenters. The van der Waals surface area contributed by atoms with E-state index < -0.39 is 12.0 Å². The Hall–Kier alpha value is -1.47. The van der Waals surface area contributed by atoms with Gasteiger partial charge in [0.1, 0.15) is 5.01 Å². The fraction of sp³-hybridized carbons (Fsp3) is 0.545. The van der Waals surface area contributed by atoms with E-state index in [0.29, 0.717) is 17.3 Å². The Balaban J connectivity index is 2.44. The summed E-state index contributed by atoms with van der Waals surface area (Å²) in [6.07, 6.45) is 0.615. The summed E-state index contributed by atoms with van der Waals surface area (Å²) < 4.78 is 0. The standard InChI is InChI=1S/C11H17N3O3S/c1-6(2)3-7(12)10(15)13-4-9-14-8(5-18-9)11(16)17/h5-7H,3-4,12H2,1-2H3,(H,13,15)(H,16,17)/t7-/m1/s1. The number of carboxylic acid groups (broad SMARTS) is 1. The molecule has 0 saturated heterocycles. The van der Waals surface area contributed by atoms with Gasteiger partial charge < -0.3 is 16.2 Å². The van der Waals surface area contributed by atoms with Crippen molar-refractivity contribution in [3.8, 4) is 0 Å². The Bertz CT molecular complexity index is 431. The number of carboxylic acids is 1. The van der Waals surface area contributed by atoms with E-state index in [-0.39, 0.29) is 18.1 Å². The molecule has 0 fully saturated rings. The highest BCUT2D eigenvalue weighted by Crippen LogP contribution is 2.09. The molecule has 1 amide bonds. The second kappa shape index (κ2) is 6.46. The minimum atomic E-state index is -1.07. The molecule has 100 valence electrons. The van der Waals surface area contributed by atoms with Gasteiger partial charge in [0.15, 0.2) is 5.69 Å². The van der Waals surface area contributed by atoms with E-state index in [2.05, 4.69) is 10.3 Å². The smallest absolute Gasteiger partial charge is 0.355 e. The first-order valence-electron chi connectivity index (χ1n) is 5.61. The second-order valence-corrected chi connectivity index (χ2v) is 5.33. The summed E-state index contributed by atoms with van der Waals surface area (Å²) in [6.45, 7) is 4.20. The van der Waals surface area contributed by atoms with Gasteiger partial charge in [0.25, 0.3) is 0 Å². The third-order valence-electron chi connectivity index (χ3n) is 2.25. The highest BCUT2D eigenvalue weighted by atomic mass is 32.1. The van der Waals surface area contributed by atoms with Gasteiger partial charge in [0, 0.05) is 5.38 Å². The zero-order valence-corrected chi connectivity index (χ0v) is 11.2. The van der Waals surface area contributed by atoms with Crippen molar-refractivity contribution < 1.29 is 14.7 Å². The number of nitrogens with two attached hydrogens (primary N) is 1. The van der Waals surface area contributed by atoms with Crippen LogP contribution in [-0.4, -0.2) is 28.0 Å². The third kappa shape index (κ3) is 4.42. The van der Waals surface area contributed by atoms with Crippen LogP contribution in [-0.2, 0) is 11.3 Å². The number of hydrogen-bond donors (Lipinski definition) is 3. The largest absolute Gasteiger partial charge is 0.476 e. The lowest BCUT2D eigenvalue weighted by Gasteiger charge is -2.13. The quantitative estimate of drug-likeness (QED) is 0.710. The molecule has 18 heavy (non-hydrogen) atoms. The van der Waals surface area contributed by atoms with E-state index in [1.807, 2.05) is 13.8 Å². The maximum Gasteiger partial charge on any atom is 0.355 e. The maximum atomic E-state index is 11.6. The van der Waals surface area contributed by atoms with E-state index in [9.17, 15) is 9.59 Å². The summed E-state index contributed by atoms with van der Waals surface area (Å²) >= 11 is 1.20. The topological polar surface area (TPSA) is 105 Å². The van der Waals surface area contributed by atoms with Crippen LogP contribution >= 0.6 is 11.3 Å². The van der Waals surface area contributed by atoms with Crippen molar-refractivity contribution in [2.24, 2.45) is 11.7 Å². The highest BCUT2D eigenvalue weighted by molar-refractivity contribution is 7.09. The lowest BCUT2D eigenvalue weighted by atomic mass is 10.0. The molecular formula is C11H17N3O3S. The van der Waals surface area contributed by atoms with Crippen LogP contribution in [0, 0.1) is 5.92 Å². The summed E-state index contributed by atoms with van der Waals surface area (Å²) in [6, 6.07) is -0.538. The Labute approximate surface area is 109 Å². The molecule has 0 aliphatic carbocycles. The van der Waals surface area contributed by atoms with Gasteiger partial charge in [-0.25, -0.2) is 9.78 Å².